The second kappa shape index (κ2) is 5.28. The minimum Gasteiger partial charge on any atom is -0.480 e. The lowest BCUT2D eigenvalue weighted by atomic mass is 10.0. The van der Waals surface area contributed by atoms with E-state index in [1.807, 2.05) is 26.8 Å². The van der Waals surface area contributed by atoms with Crippen molar-refractivity contribution in [2.24, 2.45) is 0 Å². The first kappa shape index (κ1) is 14.3. The molecule has 0 spiro atoms. The van der Waals surface area contributed by atoms with Crippen molar-refractivity contribution in [2.45, 2.75) is 26.3 Å². The lowest BCUT2D eigenvalue weighted by molar-refractivity contribution is -0.135. The van der Waals surface area contributed by atoms with Crippen LogP contribution < -0.4 is 4.90 Å². The topological polar surface area (TPSA) is 64.3 Å². The van der Waals surface area contributed by atoms with Crippen LogP contribution in [0.3, 0.4) is 0 Å². The Balaban J connectivity index is 3.35. The minimum atomic E-state index is -0.950. The van der Waals surface area contributed by atoms with Crippen molar-refractivity contribution < 1.29 is 9.90 Å². The molecule has 0 aliphatic heterocycles. The summed E-state index contributed by atoms with van der Waals surface area (Å²) in [6.45, 7) is 5.48. The zero-order valence-corrected chi connectivity index (χ0v) is 11.3. The quantitative estimate of drug-likeness (QED) is 0.914. The molecule has 0 amide bonds. The summed E-state index contributed by atoms with van der Waals surface area (Å²) in [4.78, 5) is 12.6. The molecular formula is C13H15ClN2O2. The number of carboxylic acids is 1. The van der Waals surface area contributed by atoms with Crippen LogP contribution in [-0.4, -0.2) is 23.2 Å². The van der Waals surface area contributed by atoms with Gasteiger partial charge in [0.2, 0.25) is 0 Å². The predicted octanol–water partition coefficient (Wildman–Crippen LogP) is 2.90. The van der Waals surface area contributed by atoms with E-state index in [0.717, 1.165) is 0 Å². The first-order valence-electron chi connectivity index (χ1n) is 5.45. The molecule has 4 nitrogen and oxygen atoms in total. The van der Waals surface area contributed by atoms with E-state index in [1.165, 1.54) is 0 Å². The second-order valence-electron chi connectivity index (χ2n) is 4.90. The molecule has 0 aliphatic rings. The molecule has 0 aromatic heterocycles. The van der Waals surface area contributed by atoms with Gasteiger partial charge in [-0.05, 0) is 32.9 Å². The number of halogens is 1. The van der Waals surface area contributed by atoms with Crippen LogP contribution in [0.15, 0.2) is 18.2 Å². The summed E-state index contributed by atoms with van der Waals surface area (Å²) >= 11 is 5.96. The van der Waals surface area contributed by atoms with Crippen LogP contribution >= 0.6 is 11.6 Å². The number of carbonyl (C=O) groups is 1. The molecule has 18 heavy (non-hydrogen) atoms. The molecule has 0 aliphatic carbocycles. The van der Waals surface area contributed by atoms with E-state index in [0.29, 0.717) is 16.3 Å². The molecule has 1 aromatic rings. The van der Waals surface area contributed by atoms with E-state index in [9.17, 15) is 4.79 Å². The van der Waals surface area contributed by atoms with Crippen molar-refractivity contribution in [2.75, 3.05) is 11.4 Å². The number of benzene rings is 1. The first-order chi connectivity index (χ1) is 8.27. The summed E-state index contributed by atoms with van der Waals surface area (Å²) in [7, 11) is 0. The number of hydrogen-bond donors (Lipinski definition) is 1. The van der Waals surface area contributed by atoms with Gasteiger partial charge in [-0.25, -0.2) is 0 Å². The van der Waals surface area contributed by atoms with Gasteiger partial charge in [0.1, 0.15) is 12.6 Å². The van der Waals surface area contributed by atoms with Gasteiger partial charge in [0.05, 0.1) is 16.3 Å². The third kappa shape index (κ3) is 3.14. The Hall–Kier alpha value is -1.73. The molecule has 0 bridgehead atoms. The van der Waals surface area contributed by atoms with Gasteiger partial charge in [-0.3, -0.25) is 4.79 Å². The maximum atomic E-state index is 11.0. The zero-order valence-electron chi connectivity index (χ0n) is 10.6. The predicted molar refractivity (Wildman–Crippen MR) is 70.9 cm³/mol. The number of aliphatic carboxylic acids is 1. The molecule has 0 fully saturated rings. The van der Waals surface area contributed by atoms with Gasteiger partial charge in [0.25, 0.3) is 0 Å². The smallest absolute Gasteiger partial charge is 0.323 e. The zero-order chi connectivity index (χ0) is 13.9. The molecule has 1 aromatic carbocycles. The van der Waals surface area contributed by atoms with Crippen molar-refractivity contribution in [3.63, 3.8) is 0 Å². The van der Waals surface area contributed by atoms with E-state index in [-0.39, 0.29) is 6.54 Å². The summed E-state index contributed by atoms with van der Waals surface area (Å²) in [5.41, 5.74) is 0.421. The number of anilines is 1. The molecule has 0 atom stereocenters. The highest BCUT2D eigenvalue weighted by Gasteiger charge is 2.26. The third-order valence-corrected chi connectivity index (χ3v) is 2.81. The van der Waals surface area contributed by atoms with Gasteiger partial charge in [0.15, 0.2) is 0 Å². The van der Waals surface area contributed by atoms with Gasteiger partial charge >= 0.3 is 5.97 Å². The molecule has 5 heteroatoms. The van der Waals surface area contributed by atoms with Gasteiger partial charge < -0.3 is 10.0 Å². The lowest BCUT2D eigenvalue weighted by Crippen LogP contribution is -2.45. The van der Waals surface area contributed by atoms with Crippen LogP contribution in [-0.2, 0) is 4.79 Å². The molecule has 96 valence electrons. The van der Waals surface area contributed by atoms with Crippen LogP contribution in [0.1, 0.15) is 26.3 Å². The summed E-state index contributed by atoms with van der Waals surface area (Å²) < 4.78 is 0. The lowest BCUT2D eigenvalue weighted by Gasteiger charge is -2.37. The molecule has 1 rings (SSSR count). The average molecular weight is 267 g/mol. The third-order valence-electron chi connectivity index (χ3n) is 2.50. The Morgan fingerprint density at radius 2 is 2.11 bits per heavy atom. The fourth-order valence-corrected chi connectivity index (χ4v) is 1.88. The van der Waals surface area contributed by atoms with E-state index >= 15 is 0 Å². The molecule has 0 radical (unpaired) electrons. The fourth-order valence-electron chi connectivity index (χ4n) is 1.67. The summed E-state index contributed by atoms with van der Waals surface area (Å²) in [6, 6.07) is 7.05. The van der Waals surface area contributed by atoms with Crippen molar-refractivity contribution in [3.8, 4) is 6.07 Å². The summed E-state index contributed by atoms with van der Waals surface area (Å²) in [5, 5.41) is 18.5. The summed E-state index contributed by atoms with van der Waals surface area (Å²) in [5.74, 6) is -0.950. The highest BCUT2D eigenvalue weighted by molar-refractivity contribution is 6.32. The van der Waals surface area contributed by atoms with E-state index < -0.39 is 11.5 Å². The van der Waals surface area contributed by atoms with Crippen molar-refractivity contribution in [3.05, 3.63) is 28.8 Å². The Morgan fingerprint density at radius 3 is 2.56 bits per heavy atom. The highest BCUT2D eigenvalue weighted by Crippen LogP contribution is 2.31. The van der Waals surface area contributed by atoms with Crippen LogP contribution in [0.2, 0.25) is 5.02 Å². The largest absolute Gasteiger partial charge is 0.480 e. The Kier molecular flexibility index (Phi) is 4.20. The molecule has 0 saturated heterocycles. The van der Waals surface area contributed by atoms with Crippen LogP contribution in [0, 0.1) is 11.3 Å². The molecular weight excluding hydrogens is 252 g/mol. The molecule has 0 saturated carbocycles. The standard InChI is InChI=1S/C13H15ClN2O2/c1-13(2,3)16(8-12(17)18)11-6-4-5-10(14)9(11)7-15/h4-6H,8H2,1-3H3,(H,17,18). The SMILES string of the molecule is CC(C)(C)N(CC(=O)O)c1cccc(Cl)c1C#N. The maximum absolute atomic E-state index is 11.0. The van der Waals surface area contributed by atoms with Gasteiger partial charge in [-0.15, -0.1) is 0 Å². The van der Waals surface area contributed by atoms with E-state index in [2.05, 4.69) is 0 Å². The van der Waals surface area contributed by atoms with Crippen molar-refractivity contribution in [1.82, 2.24) is 0 Å². The number of hydrogen-bond acceptors (Lipinski definition) is 3. The first-order valence-corrected chi connectivity index (χ1v) is 5.83. The molecule has 0 unspecified atom stereocenters. The van der Waals surface area contributed by atoms with Gasteiger partial charge in [-0.1, -0.05) is 17.7 Å². The van der Waals surface area contributed by atoms with Crippen LogP contribution in [0.4, 0.5) is 5.69 Å². The minimum absolute atomic E-state index is 0.182. The van der Waals surface area contributed by atoms with Crippen LogP contribution in [0.5, 0.6) is 0 Å². The fraction of sp³-hybridized carbons (Fsp3) is 0.385. The normalized spacial score (nSPS) is 10.8. The van der Waals surface area contributed by atoms with Gasteiger partial charge in [-0.2, -0.15) is 5.26 Å². The van der Waals surface area contributed by atoms with Crippen molar-refractivity contribution in [1.29, 1.82) is 5.26 Å². The Labute approximate surface area is 111 Å². The maximum Gasteiger partial charge on any atom is 0.323 e. The summed E-state index contributed by atoms with van der Waals surface area (Å²) in [6.07, 6.45) is 0. The van der Waals surface area contributed by atoms with E-state index in [4.69, 9.17) is 22.0 Å². The molecule has 0 heterocycles. The molecule has 1 N–H and O–H groups in total. The monoisotopic (exact) mass is 266 g/mol. The number of rotatable bonds is 3. The Bertz CT molecular complexity index is 501. The number of nitrogens with zero attached hydrogens (tertiary/aromatic N) is 2. The number of nitriles is 1. The van der Waals surface area contributed by atoms with Gasteiger partial charge in [0, 0.05) is 5.54 Å². The average Bonchev–Trinajstić information content (AvgIpc) is 2.24. The Morgan fingerprint density at radius 1 is 1.50 bits per heavy atom. The highest BCUT2D eigenvalue weighted by atomic mass is 35.5. The van der Waals surface area contributed by atoms with Crippen LogP contribution in [0.25, 0.3) is 0 Å². The number of carboxylic acid groups (broad SMARTS) is 1. The van der Waals surface area contributed by atoms with E-state index in [1.54, 1.807) is 23.1 Å². The van der Waals surface area contributed by atoms with Crippen molar-refractivity contribution >= 4 is 23.3 Å². The second-order valence-corrected chi connectivity index (χ2v) is 5.30.